The molecule has 134 valence electrons. The van der Waals surface area contributed by atoms with Crippen LogP contribution in [0.5, 0.6) is 11.5 Å². The molecule has 1 aliphatic rings. The molecule has 0 bridgehead atoms. The molecule has 0 saturated carbocycles. The summed E-state index contributed by atoms with van der Waals surface area (Å²) in [6, 6.07) is 6.46. The Morgan fingerprint density at radius 1 is 1.38 bits per heavy atom. The molecule has 1 heterocycles. The maximum Gasteiger partial charge on any atom is 0.223 e. The topological polar surface area (TPSA) is 59.6 Å². The number of carbonyl (C=O) groups is 1. The average molecular weight is 334 g/mol. The monoisotopic (exact) mass is 334 g/mol. The van der Waals surface area contributed by atoms with Crippen molar-refractivity contribution in [3.8, 4) is 11.5 Å². The minimum absolute atomic E-state index is 0.159. The van der Waals surface area contributed by atoms with Gasteiger partial charge in [-0.05, 0) is 63.8 Å². The first-order chi connectivity index (χ1) is 11.6. The highest BCUT2D eigenvalue weighted by Gasteiger charge is 2.24. The van der Waals surface area contributed by atoms with Gasteiger partial charge in [0, 0.05) is 18.5 Å². The number of aryl methyl sites for hydroxylation is 1. The van der Waals surface area contributed by atoms with Gasteiger partial charge in [0.2, 0.25) is 5.91 Å². The first-order valence-electron chi connectivity index (χ1n) is 8.94. The number of rotatable bonds is 8. The van der Waals surface area contributed by atoms with E-state index in [1.165, 1.54) is 5.56 Å². The van der Waals surface area contributed by atoms with Crippen LogP contribution in [-0.2, 0) is 11.2 Å². The molecule has 1 aromatic rings. The van der Waals surface area contributed by atoms with Crippen molar-refractivity contribution in [1.29, 1.82) is 0 Å². The van der Waals surface area contributed by atoms with Crippen molar-refractivity contribution in [3.05, 3.63) is 23.8 Å². The van der Waals surface area contributed by atoms with Gasteiger partial charge in [0.25, 0.3) is 0 Å². The summed E-state index contributed by atoms with van der Waals surface area (Å²) in [5.74, 6) is 1.90. The normalized spacial score (nSPS) is 20.5. The molecule has 5 nitrogen and oxygen atoms in total. The van der Waals surface area contributed by atoms with Crippen LogP contribution < -0.4 is 20.1 Å². The second kappa shape index (κ2) is 9.52. The van der Waals surface area contributed by atoms with E-state index in [-0.39, 0.29) is 11.8 Å². The van der Waals surface area contributed by atoms with Crippen LogP contribution in [0.3, 0.4) is 0 Å². The molecule has 0 aromatic heterocycles. The van der Waals surface area contributed by atoms with Crippen molar-refractivity contribution in [2.45, 2.75) is 45.6 Å². The zero-order chi connectivity index (χ0) is 17.4. The predicted octanol–water partition coefficient (Wildman–Crippen LogP) is 2.53. The Labute approximate surface area is 145 Å². The smallest absolute Gasteiger partial charge is 0.223 e. The quantitative estimate of drug-likeness (QED) is 0.717. The molecule has 1 aromatic carbocycles. The number of methoxy groups -OCH3 is 1. The summed E-state index contributed by atoms with van der Waals surface area (Å²) in [7, 11) is 1.65. The Morgan fingerprint density at radius 3 is 2.92 bits per heavy atom. The van der Waals surface area contributed by atoms with E-state index in [9.17, 15) is 4.79 Å². The minimum Gasteiger partial charge on any atom is -0.493 e. The van der Waals surface area contributed by atoms with Gasteiger partial charge in [-0.15, -0.1) is 0 Å². The van der Waals surface area contributed by atoms with Crippen molar-refractivity contribution < 1.29 is 14.3 Å². The third kappa shape index (κ3) is 5.41. The van der Waals surface area contributed by atoms with E-state index in [1.54, 1.807) is 7.11 Å². The van der Waals surface area contributed by atoms with Gasteiger partial charge < -0.3 is 20.1 Å². The van der Waals surface area contributed by atoms with Gasteiger partial charge in [-0.1, -0.05) is 6.07 Å². The predicted molar refractivity (Wildman–Crippen MR) is 95.7 cm³/mol. The van der Waals surface area contributed by atoms with Crippen molar-refractivity contribution in [1.82, 2.24) is 10.6 Å². The molecule has 0 aliphatic carbocycles. The number of carbonyl (C=O) groups excluding carboxylic acids is 1. The molecule has 0 unspecified atom stereocenters. The fraction of sp³-hybridized carbons (Fsp3) is 0.632. The fourth-order valence-electron chi connectivity index (χ4n) is 3.16. The van der Waals surface area contributed by atoms with E-state index >= 15 is 0 Å². The number of amides is 1. The molecule has 5 heteroatoms. The molecule has 0 radical (unpaired) electrons. The Morgan fingerprint density at radius 2 is 2.21 bits per heavy atom. The number of hydrogen-bond acceptors (Lipinski definition) is 4. The first kappa shape index (κ1) is 18.6. The highest BCUT2D eigenvalue weighted by Crippen LogP contribution is 2.28. The Balaban J connectivity index is 1.75. The number of hydrogen-bond donors (Lipinski definition) is 2. The van der Waals surface area contributed by atoms with Crippen molar-refractivity contribution >= 4 is 5.91 Å². The van der Waals surface area contributed by atoms with Crippen LogP contribution in [0.25, 0.3) is 0 Å². The summed E-state index contributed by atoms with van der Waals surface area (Å²) < 4.78 is 10.9. The molecular weight excluding hydrogens is 304 g/mol. The molecule has 0 spiro atoms. The molecule has 24 heavy (non-hydrogen) atoms. The Bertz CT molecular complexity index is 533. The Hall–Kier alpha value is -1.75. The largest absolute Gasteiger partial charge is 0.493 e. The van der Waals surface area contributed by atoms with E-state index in [1.807, 2.05) is 19.1 Å². The van der Waals surface area contributed by atoms with Crippen LogP contribution in [0.1, 0.15) is 38.7 Å². The van der Waals surface area contributed by atoms with Crippen molar-refractivity contribution in [2.24, 2.45) is 5.92 Å². The first-order valence-corrected chi connectivity index (χ1v) is 8.94. The van der Waals surface area contributed by atoms with E-state index < -0.39 is 0 Å². The van der Waals surface area contributed by atoms with Gasteiger partial charge in [-0.25, -0.2) is 0 Å². The lowest BCUT2D eigenvalue weighted by Gasteiger charge is -2.27. The zero-order valence-corrected chi connectivity index (χ0v) is 15.1. The molecule has 1 saturated heterocycles. The third-order valence-electron chi connectivity index (χ3n) is 4.46. The minimum atomic E-state index is 0.159. The number of nitrogens with one attached hydrogen (secondary N) is 2. The van der Waals surface area contributed by atoms with Crippen molar-refractivity contribution in [2.75, 3.05) is 26.8 Å². The number of benzene rings is 1. The highest BCUT2D eigenvalue weighted by molar-refractivity contribution is 5.78. The Kier molecular flexibility index (Phi) is 7.37. The zero-order valence-electron chi connectivity index (χ0n) is 15.1. The van der Waals surface area contributed by atoms with Crippen LogP contribution in [0.2, 0.25) is 0 Å². The molecule has 1 fully saturated rings. The lowest BCUT2D eigenvalue weighted by Crippen LogP contribution is -2.42. The SMILES string of the molecule is CCOc1cc(CCCNC(=O)[C@H]2CCN[C@@H](C)C2)ccc1OC. The molecule has 2 rings (SSSR count). The van der Waals surface area contributed by atoms with Gasteiger partial charge in [-0.2, -0.15) is 0 Å². The second-order valence-electron chi connectivity index (χ2n) is 6.39. The maximum atomic E-state index is 12.2. The third-order valence-corrected chi connectivity index (χ3v) is 4.46. The molecule has 2 N–H and O–H groups in total. The van der Waals surface area contributed by atoms with Crippen LogP contribution in [0.4, 0.5) is 0 Å². The second-order valence-corrected chi connectivity index (χ2v) is 6.39. The van der Waals surface area contributed by atoms with Gasteiger partial charge in [0.1, 0.15) is 0 Å². The van der Waals surface area contributed by atoms with Crippen LogP contribution in [0, 0.1) is 5.92 Å². The van der Waals surface area contributed by atoms with Crippen LogP contribution in [0.15, 0.2) is 18.2 Å². The maximum absolute atomic E-state index is 12.2. The summed E-state index contributed by atoms with van der Waals surface area (Å²) >= 11 is 0. The molecule has 2 atom stereocenters. The highest BCUT2D eigenvalue weighted by atomic mass is 16.5. The average Bonchev–Trinajstić information content (AvgIpc) is 2.59. The van der Waals surface area contributed by atoms with Gasteiger partial charge in [0.15, 0.2) is 11.5 Å². The lowest BCUT2D eigenvalue weighted by atomic mass is 9.92. The summed E-state index contributed by atoms with van der Waals surface area (Å²) in [5, 5.41) is 6.46. The van der Waals surface area contributed by atoms with Crippen LogP contribution in [-0.4, -0.2) is 38.8 Å². The standard InChI is InChI=1S/C19H30N2O3/c1-4-24-18-13-15(7-8-17(18)23-3)6-5-10-21-19(22)16-9-11-20-14(2)12-16/h7-8,13-14,16,20H,4-6,9-12H2,1-3H3,(H,21,22)/t14-,16-/m0/s1. The number of ether oxygens (including phenoxy) is 2. The summed E-state index contributed by atoms with van der Waals surface area (Å²) in [4.78, 5) is 12.2. The van der Waals surface area contributed by atoms with Gasteiger partial charge >= 0.3 is 0 Å². The number of piperidine rings is 1. The molecular formula is C19H30N2O3. The van der Waals surface area contributed by atoms with E-state index in [0.29, 0.717) is 19.2 Å². The summed E-state index contributed by atoms with van der Waals surface area (Å²) in [6.07, 6.45) is 3.70. The van der Waals surface area contributed by atoms with Crippen molar-refractivity contribution in [3.63, 3.8) is 0 Å². The fourth-order valence-corrected chi connectivity index (χ4v) is 3.16. The van der Waals surface area contributed by atoms with E-state index in [0.717, 1.165) is 43.7 Å². The van der Waals surface area contributed by atoms with Gasteiger partial charge in [0.05, 0.1) is 13.7 Å². The lowest BCUT2D eigenvalue weighted by molar-refractivity contribution is -0.126. The van der Waals surface area contributed by atoms with E-state index in [4.69, 9.17) is 9.47 Å². The molecule has 1 aliphatic heterocycles. The molecule has 1 amide bonds. The van der Waals surface area contributed by atoms with E-state index in [2.05, 4.69) is 23.6 Å². The van der Waals surface area contributed by atoms with Crippen LogP contribution >= 0.6 is 0 Å². The summed E-state index contributed by atoms with van der Waals surface area (Å²) in [5.41, 5.74) is 1.20. The summed E-state index contributed by atoms with van der Waals surface area (Å²) in [6.45, 7) is 6.37. The van der Waals surface area contributed by atoms with Gasteiger partial charge in [-0.3, -0.25) is 4.79 Å².